The molecule has 1 aromatic heterocycles. The van der Waals surface area contributed by atoms with Gasteiger partial charge in [-0.1, -0.05) is 33.1 Å². The van der Waals surface area contributed by atoms with E-state index in [-0.39, 0.29) is 0 Å². The number of hydrogen-bond acceptors (Lipinski definition) is 4. The van der Waals surface area contributed by atoms with Crippen molar-refractivity contribution < 1.29 is 0 Å². The van der Waals surface area contributed by atoms with Crippen molar-refractivity contribution in [2.75, 3.05) is 18.0 Å². The molecule has 0 radical (unpaired) electrons. The van der Waals surface area contributed by atoms with Crippen LogP contribution in [0.5, 0.6) is 0 Å². The van der Waals surface area contributed by atoms with Crippen molar-refractivity contribution in [3.8, 4) is 0 Å². The third-order valence-electron chi connectivity index (χ3n) is 4.30. The van der Waals surface area contributed by atoms with Gasteiger partial charge >= 0.3 is 0 Å². The van der Waals surface area contributed by atoms with Gasteiger partial charge in [-0.15, -0.1) is 5.10 Å². The van der Waals surface area contributed by atoms with Crippen molar-refractivity contribution in [2.24, 2.45) is 5.73 Å². The first-order chi connectivity index (χ1) is 9.81. The predicted octanol–water partition coefficient (Wildman–Crippen LogP) is 2.83. The van der Waals surface area contributed by atoms with Crippen LogP contribution in [0.1, 0.15) is 62.8 Å². The molecule has 1 aromatic rings. The Labute approximate surface area is 122 Å². The SMILES string of the molecule is CCc1nnc(N2CCCCCCC2)c(CN)c1CC. The Bertz CT molecular complexity index is 423. The van der Waals surface area contributed by atoms with Crippen molar-refractivity contribution in [1.29, 1.82) is 0 Å². The molecule has 2 heterocycles. The standard InChI is InChI=1S/C16H28N4/c1-3-13-14(12-17)16(19-18-15(13)4-2)20-10-8-6-5-7-9-11-20/h3-12,17H2,1-2H3. The van der Waals surface area contributed by atoms with E-state index in [1.165, 1.54) is 43.2 Å². The highest BCUT2D eigenvalue weighted by atomic mass is 15.3. The number of nitrogens with zero attached hydrogens (tertiary/aromatic N) is 3. The second-order valence-electron chi connectivity index (χ2n) is 5.59. The second kappa shape index (κ2) is 7.58. The Kier molecular flexibility index (Phi) is 5.77. The summed E-state index contributed by atoms with van der Waals surface area (Å²) >= 11 is 0. The Balaban J connectivity index is 2.33. The van der Waals surface area contributed by atoms with Crippen LogP contribution in [0.3, 0.4) is 0 Å². The molecule has 1 saturated heterocycles. The monoisotopic (exact) mass is 276 g/mol. The van der Waals surface area contributed by atoms with Gasteiger partial charge in [0.15, 0.2) is 5.82 Å². The number of nitrogens with two attached hydrogens (primary N) is 1. The van der Waals surface area contributed by atoms with Crippen molar-refractivity contribution >= 4 is 5.82 Å². The van der Waals surface area contributed by atoms with Crippen molar-refractivity contribution in [1.82, 2.24) is 10.2 Å². The number of rotatable bonds is 4. The number of aryl methyl sites for hydroxylation is 1. The zero-order valence-corrected chi connectivity index (χ0v) is 13.0. The van der Waals surface area contributed by atoms with Gasteiger partial charge in [0.1, 0.15) is 0 Å². The molecule has 0 bridgehead atoms. The molecule has 0 saturated carbocycles. The van der Waals surface area contributed by atoms with Crippen molar-refractivity contribution in [3.05, 3.63) is 16.8 Å². The lowest BCUT2D eigenvalue weighted by molar-refractivity contribution is 0.550. The van der Waals surface area contributed by atoms with E-state index >= 15 is 0 Å². The van der Waals surface area contributed by atoms with Crippen LogP contribution in [-0.4, -0.2) is 23.3 Å². The summed E-state index contributed by atoms with van der Waals surface area (Å²) in [4.78, 5) is 2.41. The molecule has 1 aliphatic rings. The molecule has 1 aliphatic heterocycles. The van der Waals surface area contributed by atoms with E-state index in [4.69, 9.17) is 5.73 Å². The zero-order chi connectivity index (χ0) is 14.4. The first-order valence-electron chi connectivity index (χ1n) is 8.14. The summed E-state index contributed by atoms with van der Waals surface area (Å²) in [6, 6.07) is 0. The lowest BCUT2D eigenvalue weighted by atomic mass is 10.0. The van der Waals surface area contributed by atoms with Gasteiger partial charge in [-0.25, -0.2) is 0 Å². The highest BCUT2D eigenvalue weighted by molar-refractivity contribution is 5.51. The number of anilines is 1. The van der Waals surface area contributed by atoms with E-state index in [2.05, 4.69) is 28.9 Å². The number of hydrogen-bond donors (Lipinski definition) is 1. The Morgan fingerprint density at radius 2 is 1.55 bits per heavy atom. The van der Waals surface area contributed by atoms with Crippen LogP contribution in [0.25, 0.3) is 0 Å². The van der Waals surface area contributed by atoms with Gasteiger partial charge in [-0.2, -0.15) is 5.10 Å². The summed E-state index contributed by atoms with van der Waals surface area (Å²) in [6.45, 7) is 7.08. The topological polar surface area (TPSA) is 55.0 Å². The van der Waals surface area contributed by atoms with Gasteiger partial charge in [0, 0.05) is 25.2 Å². The van der Waals surface area contributed by atoms with E-state index in [0.29, 0.717) is 6.54 Å². The van der Waals surface area contributed by atoms with Crippen molar-refractivity contribution in [2.45, 2.75) is 65.3 Å². The fourth-order valence-corrected chi connectivity index (χ4v) is 3.17. The maximum absolute atomic E-state index is 6.03. The predicted molar refractivity (Wildman–Crippen MR) is 84.0 cm³/mol. The molecular weight excluding hydrogens is 248 g/mol. The van der Waals surface area contributed by atoms with Gasteiger partial charge in [0.05, 0.1) is 5.69 Å². The maximum Gasteiger partial charge on any atom is 0.156 e. The average molecular weight is 276 g/mol. The Hall–Kier alpha value is -1.16. The molecule has 20 heavy (non-hydrogen) atoms. The summed E-state index contributed by atoms with van der Waals surface area (Å²) < 4.78 is 0. The fourth-order valence-electron chi connectivity index (χ4n) is 3.17. The molecule has 1 fully saturated rings. The molecule has 2 rings (SSSR count). The first kappa shape index (κ1) is 15.2. The lowest BCUT2D eigenvalue weighted by Gasteiger charge is -2.28. The summed E-state index contributed by atoms with van der Waals surface area (Å²) in [7, 11) is 0. The highest BCUT2D eigenvalue weighted by Gasteiger charge is 2.18. The molecule has 0 aliphatic carbocycles. The minimum absolute atomic E-state index is 0.567. The summed E-state index contributed by atoms with van der Waals surface area (Å²) in [6.07, 6.45) is 8.46. The third-order valence-corrected chi connectivity index (χ3v) is 4.30. The zero-order valence-electron chi connectivity index (χ0n) is 13.0. The average Bonchev–Trinajstić information content (AvgIpc) is 2.45. The van der Waals surface area contributed by atoms with Crippen LogP contribution < -0.4 is 10.6 Å². The molecule has 4 heteroatoms. The minimum Gasteiger partial charge on any atom is -0.355 e. The van der Waals surface area contributed by atoms with Crippen LogP contribution in [0.15, 0.2) is 0 Å². The first-order valence-corrected chi connectivity index (χ1v) is 8.14. The highest BCUT2D eigenvalue weighted by Crippen LogP contribution is 2.25. The van der Waals surface area contributed by atoms with E-state index in [0.717, 1.165) is 37.4 Å². The largest absolute Gasteiger partial charge is 0.355 e. The molecule has 112 valence electrons. The van der Waals surface area contributed by atoms with Crippen molar-refractivity contribution in [3.63, 3.8) is 0 Å². The van der Waals surface area contributed by atoms with Gasteiger partial charge in [-0.05, 0) is 31.2 Å². The molecule has 0 unspecified atom stereocenters. The Morgan fingerprint density at radius 3 is 2.10 bits per heavy atom. The third kappa shape index (κ3) is 3.29. The van der Waals surface area contributed by atoms with Crippen LogP contribution in [0, 0.1) is 0 Å². The van der Waals surface area contributed by atoms with Crippen LogP contribution in [0.2, 0.25) is 0 Å². The van der Waals surface area contributed by atoms with Gasteiger partial charge < -0.3 is 10.6 Å². The number of aromatic nitrogens is 2. The smallest absolute Gasteiger partial charge is 0.156 e. The van der Waals surface area contributed by atoms with Crippen LogP contribution >= 0.6 is 0 Å². The molecule has 0 aromatic carbocycles. The van der Waals surface area contributed by atoms with Gasteiger partial charge in [0.25, 0.3) is 0 Å². The lowest BCUT2D eigenvalue weighted by Crippen LogP contribution is -2.30. The fraction of sp³-hybridized carbons (Fsp3) is 0.750. The molecular formula is C16H28N4. The van der Waals surface area contributed by atoms with Crippen LogP contribution in [-0.2, 0) is 19.4 Å². The summed E-state index contributed by atoms with van der Waals surface area (Å²) in [5, 5.41) is 8.98. The molecule has 2 N–H and O–H groups in total. The maximum atomic E-state index is 6.03. The van der Waals surface area contributed by atoms with E-state index in [9.17, 15) is 0 Å². The molecule has 0 spiro atoms. The molecule has 0 atom stereocenters. The van der Waals surface area contributed by atoms with E-state index in [1.807, 2.05) is 0 Å². The Morgan fingerprint density at radius 1 is 0.900 bits per heavy atom. The van der Waals surface area contributed by atoms with Crippen LogP contribution in [0.4, 0.5) is 5.82 Å². The molecule has 4 nitrogen and oxygen atoms in total. The molecule has 0 amide bonds. The van der Waals surface area contributed by atoms with E-state index in [1.54, 1.807) is 0 Å². The van der Waals surface area contributed by atoms with Gasteiger partial charge in [0.2, 0.25) is 0 Å². The quantitative estimate of drug-likeness (QED) is 0.918. The second-order valence-corrected chi connectivity index (χ2v) is 5.59. The van der Waals surface area contributed by atoms with E-state index < -0.39 is 0 Å². The van der Waals surface area contributed by atoms with Gasteiger partial charge in [-0.3, -0.25) is 0 Å². The normalized spacial score (nSPS) is 16.9. The summed E-state index contributed by atoms with van der Waals surface area (Å²) in [5.74, 6) is 1.04. The summed E-state index contributed by atoms with van der Waals surface area (Å²) in [5.41, 5.74) is 9.69. The minimum atomic E-state index is 0.567.